The van der Waals surface area contributed by atoms with Crippen LogP contribution in [0.4, 0.5) is 0 Å². The van der Waals surface area contributed by atoms with E-state index in [4.69, 9.17) is 17.3 Å². The molecule has 1 aliphatic heterocycles. The zero-order valence-electron chi connectivity index (χ0n) is 16.1. The molecule has 1 atom stereocenters. The first-order valence-electron chi connectivity index (χ1n) is 9.45. The first-order chi connectivity index (χ1) is 13.3. The number of rotatable bonds is 6. The zero-order valence-corrected chi connectivity index (χ0v) is 16.9. The van der Waals surface area contributed by atoms with Crippen LogP contribution in [-0.2, 0) is 16.8 Å². The highest BCUT2D eigenvalue weighted by molar-refractivity contribution is 6.31. The van der Waals surface area contributed by atoms with Crippen LogP contribution in [0.15, 0.2) is 42.5 Å². The molecule has 146 valence electrons. The van der Waals surface area contributed by atoms with Gasteiger partial charge in [0.05, 0.1) is 0 Å². The molecule has 1 heterocycles. The lowest BCUT2D eigenvalue weighted by Gasteiger charge is -2.24. The number of nitrogens with two attached hydrogens (primary N) is 1. The van der Waals surface area contributed by atoms with Gasteiger partial charge in [0.1, 0.15) is 6.04 Å². The molecule has 0 bridgehead atoms. The third kappa shape index (κ3) is 3.29. The van der Waals surface area contributed by atoms with E-state index in [1.807, 2.05) is 12.1 Å². The molecule has 1 fully saturated rings. The molecule has 1 aliphatic carbocycles. The fourth-order valence-electron chi connectivity index (χ4n) is 4.32. The summed E-state index contributed by atoms with van der Waals surface area (Å²) in [5, 5.41) is 0.470. The molecule has 1 saturated carbocycles. The Hall–Kier alpha value is -2.37. The molecule has 0 aromatic heterocycles. The van der Waals surface area contributed by atoms with Crippen molar-refractivity contribution in [3.05, 3.63) is 69.7 Å². The van der Waals surface area contributed by atoms with Crippen LogP contribution in [0.2, 0.25) is 5.02 Å². The lowest BCUT2D eigenvalue weighted by atomic mass is 9.94. The highest BCUT2D eigenvalue weighted by Gasteiger charge is 2.44. The summed E-state index contributed by atoms with van der Waals surface area (Å²) in [6, 6.07) is 12.6. The van der Waals surface area contributed by atoms with E-state index < -0.39 is 11.9 Å². The number of carbonyl (C=O) groups excluding carboxylic acids is 2. The molecule has 0 spiro atoms. The van der Waals surface area contributed by atoms with E-state index in [-0.39, 0.29) is 11.3 Å². The Morgan fingerprint density at radius 2 is 1.89 bits per heavy atom. The molecule has 2 aromatic carbocycles. The molecule has 5 nitrogen and oxygen atoms in total. The smallest absolute Gasteiger partial charge is 0.255 e. The maximum atomic E-state index is 12.9. The van der Waals surface area contributed by atoms with E-state index >= 15 is 0 Å². The number of nitrogens with zero attached hydrogens (tertiary/aromatic N) is 2. The summed E-state index contributed by atoms with van der Waals surface area (Å²) in [4.78, 5) is 28.7. The van der Waals surface area contributed by atoms with Crippen molar-refractivity contribution < 1.29 is 9.59 Å². The molecule has 2 aliphatic rings. The number of likely N-dealkylation sites (N-methyl/N-ethyl adjacent to an activating group) is 1. The monoisotopic (exact) mass is 397 g/mol. The Labute approximate surface area is 170 Å². The number of carbonyl (C=O) groups is 2. The number of hydrogen-bond acceptors (Lipinski definition) is 3. The van der Waals surface area contributed by atoms with Crippen molar-refractivity contribution in [1.82, 2.24) is 9.80 Å². The average molecular weight is 398 g/mol. The van der Waals surface area contributed by atoms with Crippen LogP contribution in [0.5, 0.6) is 0 Å². The van der Waals surface area contributed by atoms with Gasteiger partial charge in [0, 0.05) is 29.1 Å². The van der Waals surface area contributed by atoms with Gasteiger partial charge in [-0.1, -0.05) is 41.9 Å². The van der Waals surface area contributed by atoms with E-state index in [1.54, 1.807) is 18.2 Å². The van der Waals surface area contributed by atoms with Crippen LogP contribution in [0, 0.1) is 0 Å². The van der Waals surface area contributed by atoms with Crippen molar-refractivity contribution in [3.8, 4) is 0 Å². The molecule has 6 heteroatoms. The second kappa shape index (κ2) is 6.90. The van der Waals surface area contributed by atoms with Gasteiger partial charge in [0.2, 0.25) is 5.91 Å². The Balaban J connectivity index is 1.57. The van der Waals surface area contributed by atoms with E-state index in [2.05, 4.69) is 31.1 Å². The van der Waals surface area contributed by atoms with Crippen molar-refractivity contribution in [1.29, 1.82) is 0 Å². The minimum atomic E-state index is -0.761. The van der Waals surface area contributed by atoms with Gasteiger partial charge in [-0.2, -0.15) is 0 Å². The molecule has 2 N–H and O–H groups in total. The van der Waals surface area contributed by atoms with E-state index in [0.717, 1.165) is 12.1 Å². The van der Waals surface area contributed by atoms with Crippen molar-refractivity contribution in [2.45, 2.75) is 30.8 Å². The van der Waals surface area contributed by atoms with Gasteiger partial charge in [0.25, 0.3) is 5.91 Å². The van der Waals surface area contributed by atoms with Gasteiger partial charge in [0.15, 0.2) is 0 Å². The van der Waals surface area contributed by atoms with E-state index in [9.17, 15) is 9.59 Å². The van der Waals surface area contributed by atoms with Crippen molar-refractivity contribution in [2.75, 3.05) is 20.6 Å². The normalized spacial score (nSPS) is 19.8. The average Bonchev–Trinajstić information content (AvgIpc) is 3.36. The standard InChI is InChI=1S/C22H24ClN3O2/c1-25(2)13-22(9-10-22)15-5-3-14(4-6-15)12-26-19(20(24)27)17-8-7-16(23)11-18(17)21(26)28/h3-8,11,19H,9-10,12-13H2,1-2H3,(H2,24,27). The summed E-state index contributed by atoms with van der Waals surface area (Å²) in [6.07, 6.45) is 2.41. The first-order valence-corrected chi connectivity index (χ1v) is 9.82. The summed E-state index contributed by atoms with van der Waals surface area (Å²) in [5.74, 6) is -0.745. The maximum Gasteiger partial charge on any atom is 0.255 e. The number of halogens is 1. The van der Waals surface area contributed by atoms with Gasteiger partial charge in [-0.25, -0.2) is 0 Å². The Morgan fingerprint density at radius 3 is 2.46 bits per heavy atom. The number of fused-ring (bicyclic) bond motifs is 1. The first kappa shape index (κ1) is 19.0. The molecule has 2 amide bonds. The molecular formula is C22H24ClN3O2. The van der Waals surface area contributed by atoms with Gasteiger partial charge in [-0.15, -0.1) is 0 Å². The number of amides is 2. The molecule has 0 radical (unpaired) electrons. The van der Waals surface area contributed by atoms with E-state index in [1.165, 1.54) is 23.3 Å². The topological polar surface area (TPSA) is 66.6 Å². The van der Waals surface area contributed by atoms with Gasteiger partial charge < -0.3 is 15.5 Å². The van der Waals surface area contributed by atoms with Crippen LogP contribution in [-0.4, -0.2) is 42.3 Å². The van der Waals surface area contributed by atoms with Crippen LogP contribution >= 0.6 is 11.6 Å². The van der Waals surface area contributed by atoms with Crippen molar-refractivity contribution in [3.63, 3.8) is 0 Å². The van der Waals surface area contributed by atoms with Crippen LogP contribution < -0.4 is 5.73 Å². The highest BCUT2D eigenvalue weighted by atomic mass is 35.5. The Morgan fingerprint density at radius 1 is 1.21 bits per heavy atom. The Kier molecular flexibility index (Phi) is 4.68. The van der Waals surface area contributed by atoms with Gasteiger partial charge in [-0.3, -0.25) is 9.59 Å². The predicted octanol–water partition coefficient (Wildman–Crippen LogP) is 3.12. The summed E-state index contributed by atoms with van der Waals surface area (Å²) in [6.45, 7) is 1.37. The Bertz CT molecular complexity index is 935. The highest BCUT2D eigenvalue weighted by Crippen LogP contribution is 2.48. The lowest BCUT2D eigenvalue weighted by molar-refractivity contribution is -0.122. The molecular weight excluding hydrogens is 374 g/mol. The van der Waals surface area contributed by atoms with Crippen LogP contribution in [0.25, 0.3) is 0 Å². The van der Waals surface area contributed by atoms with Crippen LogP contribution in [0.3, 0.4) is 0 Å². The van der Waals surface area contributed by atoms with Crippen molar-refractivity contribution >= 4 is 23.4 Å². The fraction of sp³-hybridized carbons (Fsp3) is 0.364. The van der Waals surface area contributed by atoms with Crippen LogP contribution in [0.1, 0.15) is 45.9 Å². The SMILES string of the molecule is CN(C)CC1(c2ccc(CN3C(=O)c4cc(Cl)ccc4C3C(N)=O)cc2)CC1. The predicted molar refractivity (Wildman–Crippen MR) is 109 cm³/mol. The fourth-order valence-corrected chi connectivity index (χ4v) is 4.49. The second-order valence-electron chi connectivity index (χ2n) is 8.18. The molecule has 0 saturated heterocycles. The summed E-state index contributed by atoms with van der Waals surface area (Å²) < 4.78 is 0. The number of hydrogen-bond donors (Lipinski definition) is 1. The molecule has 2 aromatic rings. The van der Waals surface area contributed by atoms with Crippen molar-refractivity contribution in [2.24, 2.45) is 5.73 Å². The lowest BCUT2D eigenvalue weighted by Crippen LogP contribution is -2.35. The minimum absolute atomic E-state index is 0.211. The number of primary amides is 1. The largest absolute Gasteiger partial charge is 0.368 e. The summed E-state index contributed by atoms with van der Waals surface area (Å²) >= 11 is 6.04. The molecule has 28 heavy (non-hydrogen) atoms. The second-order valence-corrected chi connectivity index (χ2v) is 8.62. The van der Waals surface area contributed by atoms with Gasteiger partial charge >= 0.3 is 0 Å². The van der Waals surface area contributed by atoms with E-state index in [0.29, 0.717) is 22.7 Å². The molecule has 4 rings (SSSR count). The quantitative estimate of drug-likeness (QED) is 0.814. The maximum absolute atomic E-state index is 12.9. The molecule has 1 unspecified atom stereocenters. The zero-order chi connectivity index (χ0) is 20.1. The third-order valence-corrected chi connectivity index (χ3v) is 6.01. The number of benzene rings is 2. The third-order valence-electron chi connectivity index (χ3n) is 5.77. The summed E-state index contributed by atoms with van der Waals surface area (Å²) in [7, 11) is 4.20. The minimum Gasteiger partial charge on any atom is -0.368 e. The summed E-state index contributed by atoms with van der Waals surface area (Å²) in [5.41, 5.74) is 9.27. The van der Waals surface area contributed by atoms with Gasteiger partial charge in [-0.05, 0) is 55.8 Å².